The smallest absolute Gasteiger partial charge is 0.263 e. The van der Waals surface area contributed by atoms with Gasteiger partial charge in [-0.25, -0.2) is 4.98 Å². The van der Waals surface area contributed by atoms with Crippen molar-refractivity contribution < 1.29 is 4.79 Å². The van der Waals surface area contributed by atoms with Crippen molar-refractivity contribution >= 4 is 38.9 Å². The van der Waals surface area contributed by atoms with Gasteiger partial charge in [0.1, 0.15) is 4.83 Å². The summed E-state index contributed by atoms with van der Waals surface area (Å²) >= 11 is 7.38. The van der Waals surface area contributed by atoms with E-state index < -0.39 is 6.04 Å². The van der Waals surface area contributed by atoms with Crippen molar-refractivity contribution in [3.63, 3.8) is 0 Å². The predicted octanol–water partition coefficient (Wildman–Crippen LogP) is 5.22. The lowest BCUT2D eigenvalue weighted by molar-refractivity contribution is 0.0932. The fourth-order valence-electron chi connectivity index (χ4n) is 3.03. The lowest BCUT2D eigenvalue weighted by Gasteiger charge is -2.14. The van der Waals surface area contributed by atoms with Crippen LogP contribution in [0.3, 0.4) is 0 Å². The Labute approximate surface area is 164 Å². The Morgan fingerprint density at radius 3 is 2.52 bits per heavy atom. The van der Waals surface area contributed by atoms with Crippen molar-refractivity contribution in [2.24, 2.45) is 0 Å². The van der Waals surface area contributed by atoms with E-state index in [-0.39, 0.29) is 11.3 Å². The maximum Gasteiger partial charge on any atom is 0.263 e. The second-order valence-electron chi connectivity index (χ2n) is 6.20. The second-order valence-corrected chi connectivity index (χ2v) is 7.49. The first-order chi connectivity index (χ1) is 13.1. The van der Waals surface area contributed by atoms with Crippen molar-refractivity contribution in [1.29, 1.82) is 0 Å². The highest BCUT2D eigenvalue weighted by atomic mass is 35.5. The van der Waals surface area contributed by atoms with Gasteiger partial charge in [0.15, 0.2) is 5.78 Å². The van der Waals surface area contributed by atoms with E-state index in [1.165, 1.54) is 22.2 Å². The van der Waals surface area contributed by atoms with Gasteiger partial charge in [-0.15, -0.1) is 11.3 Å². The van der Waals surface area contributed by atoms with Crippen LogP contribution in [0.4, 0.5) is 0 Å². The molecule has 0 bridgehead atoms. The molecule has 134 valence electrons. The third-order valence-corrected chi connectivity index (χ3v) is 5.67. The largest absolute Gasteiger partial charge is 0.292 e. The van der Waals surface area contributed by atoms with E-state index in [1.54, 1.807) is 31.2 Å². The number of nitrogens with zero attached hydrogens (tertiary/aromatic N) is 2. The topological polar surface area (TPSA) is 52.0 Å². The molecule has 0 saturated carbocycles. The summed E-state index contributed by atoms with van der Waals surface area (Å²) < 4.78 is 1.41. The molecule has 0 aliphatic rings. The number of aromatic nitrogens is 2. The predicted molar refractivity (Wildman–Crippen MR) is 110 cm³/mol. The standard InChI is InChI=1S/C21H15ClN2O2S/c1-13(19(25)15-5-3-2-4-6-15)24-12-23-20-18(21(24)26)17(11-27-20)14-7-9-16(22)10-8-14/h2-13H,1H3/t13-/m1/s1. The number of carbonyl (C=O) groups excluding carboxylic acids is 1. The lowest BCUT2D eigenvalue weighted by Crippen LogP contribution is -2.28. The van der Waals surface area contributed by atoms with Gasteiger partial charge < -0.3 is 0 Å². The monoisotopic (exact) mass is 394 g/mol. The minimum absolute atomic E-state index is 0.123. The van der Waals surface area contributed by atoms with Gasteiger partial charge in [-0.2, -0.15) is 0 Å². The van der Waals surface area contributed by atoms with E-state index in [4.69, 9.17) is 11.6 Å². The summed E-state index contributed by atoms with van der Waals surface area (Å²) in [6.07, 6.45) is 1.46. The van der Waals surface area contributed by atoms with Crippen molar-refractivity contribution in [2.45, 2.75) is 13.0 Å². The van der Waals surface area contributed by atoms with Gasteiger partial charge >= 0.3 is 0 Å². The maximum absolute atomic E-state index is 13.2. The molecule has 0 spiro atoms. The molecule has 1 atom stereocenters. The van der Waals surface area contributed by atoms with Gasteiger partial charge in [0, 0.05) is 21.5 Å². The first-order valence-corrected chi connectivity index (χ1v) is 9.65. The molecular formula is C21H15ClN2O2S. The highest BCUT2D eigenvalue weighted by Crippen LogP contribution is 2.31. The third kappa shape index (κ3) is 3.20. The maximum atomic E-state index is 13.2. The number of thiophene rings is 1. The van der Waals surface area contributed by atoms with Crippen LogP contribution in [0.2, 0.25) is 5.02 Å². The fraction of sp³-hybridized carbons (Fsp3) is 0.0952. The summed E-state index contributed by atoms with van der Waals surface area (Å²) in [4.78, 5) is 31.0. The highest BCUT2D eigenvalue weighted by Gasteiger charge is 2.21. The molecule has 0 N–H and O–H groups in total. The van der Waals surface area contributed by atoms with Gasteiger partial charge in [0.25, 0.3) is 5.56 Å². The Balaban J connectivity index is 1.82. The van der Waals surface area contributed by atoms with Crippen molar-refractivity contribution in [2.75, 3.05) is 0 Å². The summed E-state index contributed by atoms with van der Waals surface area (Å²) in [5, 5.41) is 3.07. The molecule has 0 amide bonds. The molecule has 2 heterocycles. The Morgan fingerprint density at radius 2 is 1.81 bits per heavy atom. The number of halogens is 1. The number of Topliss-reactive ketones (excluding diaryl/α,β-unsaturated/α-hetero) is 1. The summed E-state index contributed by atoms with van der Waals surface area (Å²) in [7, 11) is 0. The average Bonchev–Trinajstić information content (AvgIpc) is 3.13. The normalized spacial score (nSPS) is 12.2. The quantitative estimate of drug-likeness (QED) is 0.446. The van der Waals surface area contributed by atoms with E-state index >= 15 is 0 Å². The minimum Gasteiger partial charge on any atom is -0.292 e. The molecule has 0 radical (unpaired) electrons. The van der Waals surface area contributed by atoms with E-state index in [1.807, 2.05) is 35.7 Å². The van der Waals surface area contributed by atoms with Gasteiger partial charge in [-0.3, -0.25) is 14.2 Å². The zero-order valence-corrected chi connectivity index (χ0v) is 16.0. The Bertz CT molecular complexity index is 1180. The molecular weight excluding hydrogens is 380 g/mol. The van der Waals surface area contributed by atoms with Crippen molar-refractivity contribution in [3.05, 3.63) is 87.2 Å². The molecule has 0 aliphatic heterocycles. The Hall–Kier alpha value is -2.76. The summed E-state index contributed by atoms with van der Waals surface area (Å²) in [5.41, 5.74) is 2.05. The molecule has 4 aromatic rings. The number of fused-ring (bicyclic) bond motifs is 1. The van der Waals surface area contributed by atoms with E-state index in [9.17, 15) is 9.59 Å². The van der Waals surface area contributed by atoms with Crippen molar-refractivity contribution in [3.8, 4) is 11.1 Å². The number of benzene rings is 2. The van der Waals surface area contributed by atoms with Crippen LogP contribution >= 0.6 is 22.9 Å². The van der Waals surface area contributed by atoms with Gasteiger partial charge in [-0.1, -0.05) is 54.1 Å². The molecule has 2 aromatic heterocycles. The number of hydrogen-bond acceptors (Lipinski definition) is 4. The molecule has 0 fully saturated rings. The van der Waals surface area contributed by atoms with Crippen LogP contribution < -0.4 is 5.56 Å². The Kier molecular flexibility index (Phi) is 4.64. The fourth-order valence-corrected chi connectivity index (χ4v) is 4.07. The average molecular weight is 395 g/mol. The SMILES string of the molecule is C[C@H](C(=O)c1ccccc1)n1cnc2scc(-c3ccc(Cl)cc3)c2c1=O. The Morgan fingerprint density at radius 1 is 1.11 bits per heavy atom. The van der Waals surface area contributed by atoms with E-state index in [0.717, 1.165) is 11.1 Å². The summed E-state index contributed by atoms with van der Waals surface area (Å²) in [5.74, 6) is -0.123. The second kappa shape index (κ2) is 7.10. The lowest BCUT2D eigenvalue weighted by atomic mass is 10.0. The van der Waals surface area contributed by atoms with Crippen molar-refractivity contribution in [1.82, 2.24) is 9.55 Å². The molecule has 6 heteroatoms. The van der Waals surface area contributed by atoms with E-state index in [0.29, 0.717) is 20.8 Å². The van der Waals surface area contributed by atoms with Gasteiger partial charge in [0.2, 0.25) is 0 Å². The van der Waals surface area contributed by atoms with Crippen LogP contribution in [0.5, 0.6) is 0 Å². The molecule has 2 aromatic carbocycles. The number of carbonyl (C=O) groups is 1. The molecule has 27 heavy (non-hydrogen) atoms. The molecule has 0 saturated heterocycles. The van der Waals surface area contributed by atoms with Crippen LogP contribution in [-0.2, 0) is 0 Å². The van der Waals surface area contributed by atoms with Crippen LogP contribution in [0.15, 0.2) is 71.1 Å². The molecule has 4 nitrogen and oxygen atoms in total. The molecule has 4 rings (SSSR count). The number of ketones is 1. The number of hydrogen-bond donors (Lipinski definition) is 0. The van der Waals surface area contributed by atoms with Crippen LogP contribution in [0.25, 0.3) is 21.3 Å². The number of rotatable bonds is 4. The van der Waals surface area contributed by atoms with E-state index in [2.05, 4.69) is 4.98 Å². The zero-order chi connectivity index (χ0) is 19.0. The van der Waals surface area contributed by atoms with Gasteiger partial charge in [-0.05, 0) is 24.6 Å². The highest BCUT2D eigenvalue weighted by molar-refractivity contribution is 7.17. The van der Waals surface area contributed by atoms with Crippen LogP contribution in [0.1, 0.15) is 23.3 Å². The summed E-state index contributed by atoms with van der Waals surface area (Å²) in [6, 6.07) is 15.6. The summed E-state index contributed by atoms with van der Waals surface area (Å²) in [6.45, 7) is 1.72. The zero-order valence-electron chi connectivity index (χ0n) is 14.4. The molecule has 0 unspecified atom stereocenters. The minimum atomic E-state index is -0.644. The van der Waals surface area contributed by atoms with Crippen LogP contribution in [-0.4, -0.2) is 15.3 Å². The first-order valence-electron chi connectivity index (χ1n) is 8.40. The molecule has 0 aliphatic carbocycles. The first kappa shape index (κ1) is 17.6. The van der Waals surface area contributed by atoms with Crippen LogP contribution in [0, 0.1) is 0 Å². The van der Waals surface area contributed by atoms with Gasteiger partial charge in [0.05, 0.1) is 17.8 Å². The third-order valence-electron chi connectivity index (χ3n) is 4.53.